The van der Waals surface area contributed by atoms with Gasteiger partial charge in [0.1, 0.15) is 0 Å². The van der Waals surface area contributed by atoms with Crippen molar-refractivity contribution >= 4 is 69.0 Å². The minimum absolute atomic E-state index is 1.01. The third-order valence-electron chi connectivity index (χ3n) is 7.28. The number of aryl methyl sites for hydroxylation is 1. The Morgan fingerprint density at radius 1 is 0.595 bits per heavy atom. The second-order valence-corrected chi connectivity index (χ2v) is 13.4. The Morgan fingerprint density at radius 3 is 1.62 bits per heavy atom. The number of fused-ring (bicyclic) bond motifs is 4. The summed E-state index contributed by atoms with van der Waals surface area (Å²) in [5.74, 6) is 0. The van der Waals surface area contributed by atoms with Crippen LogP contribution in [0, 0.1) is 6.92 Å². The second kappa shape index (κ2) is 12.7. The van der Waals surface area contributed by atoms with Gasteiger partial charge in [0, 0.05) is 91.2 Å². The molecule has 3 N–H and O–H groups in total. The molecule has 8 heteroatoms. The van der Waals surface area contributed by atoms with Gasteiger partial charge in [-0.3, -0.25) is 0 Å². The van der Waals surface area contributed by atoms with E-state index in [0.717, 1.165) is 13.0 Å². The maximum absolute atomic E-state index is 3.58. The Kier molecular flexibility index (Phi) is 9.04. The molecule has 0 atom stereocenters. The third-order valence-corrected chi connectivity index (χ3v) is 9.56. The van der Waals surface area contributed by atoms with Crippen molar-refractivity contribution in [1.82, 2.24) is 0 Å². The first-order valence-electron chi connectivity index (χ1n) is 14.4. The largest absolute Gasteiger partial charge is 0.385 e. The molecule has 6 rings (SSSR count). The maximum Gasteiger partial charge on any atom is 0.0547 e. The van der Waals surface area contributed by atoms with Gasteiger partial charge in [0.2, 0.25) is 0 Å². The van der Waals surface area contributed by atoms with E-state index in [0.29, 0.717) is 0 Å². The second-order valence-electron chi connectivity index (χ2n) is 11.3. The summed E-state index contributed by atoms with van der Waals surface area (Å²) in [5.41, 5.74) is 10.9. The van der Waals surface area contributed by atoms with Crippen molar-refractivity contribution in [2.24, 2.45) is 0 Å². The normalized spacial score (nSPS) is 12.2. The van der Waals surface area contributed by atoms with Crippen molar-refractivity contribution < 1.29 is 0 Å². The number of rotatable bonds is 6. The van der Waals surface area contributed by atoms with Crippen LogP contribution in [0.3, 0.4) is 0 Å². The molecule has 0 saturated carbocycles. The third kappa shape index (κ3) is 6.55. The standard InChI is InChI=1S/2C17H21N3S/c1-11-8-17-14(10-15(11)20(4)5)18-13-9-12(19(2)3)6-7-16(13)21-17;1-4-9-18-12-5-7-16-14(10-12)19-15-11-13(20(2)3)6-8-17(15)21-16/h6-10,18H,1-5H3;5-8,10-11,18-19H,4,9H2,1-3H3. The van der Waals surface area contributed by atoms with E-state index in [9.17, 15) is 0 Å². The van der Waals surface area contributed by atoms with Crippen LogP contribution < -0.4 is 30.7 Å². The summed E-state index contributed by atoms with van der Waals surface area (Å²) in [4.78, 5) is 11.6. The van der Waals surface area contributed by atoms with Gasteiger partial charge in [-0.2, -0.15) is 0 Å². The summed E-state index contributed by atoms with van der Waals surface area (Å²) in [7, 11) is 12.4. The Bertz CT molecular complexity index is 1580. The van der Waals surface area contributed by atoms with Gasteiger partial charge in [0.15, 0.2) is 0 Å². The maximum atomic E-state index is 3.58. The molecule has 0 unspecified atom stereocenters. The lowest BCUT2D eigenvalue weighted by Gasteiger charge is -2.26. The van der Waals surface area contributed by atoms with Gasteiger partial charge >= 0.3 is 0 Å². The Labute approximate surface area is 259 Å². The molecule has 2 heterocycles. The van der Waals surface area contributed by atoms with Gasteiger partial charge in [0.25, 0.3) is 0 Å². The zero-order valence-electron chi connectivity index (χ0n) is 25.9. The molecule has 4 aromatic carbocycles. The van der Waals surface area contributed by atoms with Gasteiger partial charge in [-0.25, -0.2) is 0 Å². The van der Waals surface area contributed by atoms with Gasteiger partial charge in [-0.15, -0.1) is 0 Å². The highest BCUT2D eigenvalue weighted by Crippen LogP contribution is 2.47. The molecular formula is C34H42N6S2. The molecule has 0 bridgehead atoms. The molecule has 2 aliphatic rings. The molecule has 0 amide bonds. The topological polar surface area (TPSA) is 45.8 Å². The fourth-order valence-corrected chi connectivity index (χ4v) is 6.92. The van der Waals surface area contributed by atoms with Crippen molar-refractivity contribution in [1.29, 1.82) is 0 Å². The van der Waals surface area contributed by atoms with E-state index >= 15 is 0 Å². The van der Waals surface area contributed by atoms with Crippen LogP contribution in [0.5, 0.6) is 0 Å². The predicted octanol–water partition coefficient (Wildman–Crippen LogP) is 9.12. The minimum atomic E-state index is 1.01. The number of nitrogens with one attached hydrogen (secondary N) is 3. The smallest absolute Gasteiger partial charge is 0.0547 e. The monoisotopic (exact) mass is 598 g/mol. The van der Waals surface area contributed by atoms with Crippen LogP contribution in [0.15, 0.2) is 86.3 Å². The first-order valence-corrected chi connectivity index (χ1v) is 16.0. The van der Waals surface area contributed by atoms with Crippen molar-refractivity contribution in [2.75, 3.05) is 79.5 Å². The minimum Gasteiger partial charge on any atom is -0.385 e. The lowest BCUT2D eigenvalue weighted by Crippen LogP contribution is -2.12. The molecular weight excluding hydrogens is 557 g/mol. The summed E-state index contributed by atoms with van der Waals surface area (Å²) >= 11 is 3.66. The summed E-state index contributed by atoms with van der Waals surface area (Å²) in [6.07, 6.45) is 1.13. The van der Waals surface area contributed by atoms with E-state index in [4.69, 9.17) is 0 Å². The van der Waals surface area contributed by atoms with Gasteiger partial charge < -0.3 is 30.7 Å². The molecule has 0 aromatic heterocycles. The molecule has 0 aliphatic carbocycles. The van der Waals surface area contributed by atoms with Crippen LogP contribution in [0.2, 0.25) is 0 Å². The molecule has 0 fully saturated rings. The van der Waals surface area contributed by atoms with Crippen LogP contribution in [-0.2, 0) is 0 Å². The molecule has 42 heavy (non-hydrogen) atoms. The van der Waals surface area contributed by atoms with Crippen LogP contribution >= 0.6 is 23.5 Å². The molecule has 0 spiro atoms. The van der Waals surface area contributed by atoms with Crippen molar-refractivity contribution in [3.63, 3.8) is 0 Å². The lowest BCUT2D eigenvalue weighted by atomic mass is 10.1. The Hall–Kier alpha value is -3.62. The lowest BCUT2D eigenvalue weighted by molar-refractivity contribution is 0.979. The SMILES string of the molecule is CCCNc1ccc2c(c1)Nc1cc(N(C)C)ccc1S2.Cc1cc2c(cc1N(C)C)Nc1cc(N(C)C)ccc1S2. The molecule has 0 saturated heterocycles. The molecule has 6 nitrogen and oxygen atoms in total. The van der Waals surface area contributed by atoms with E-state index < -0.39 is 0 Å². The van der Waals surface area contributed by atoms with Gasteiger partial charge in [-0.05, 0) is 85.6 Å². The van der Waals surface area contributed by atoms with E-state index in [2.05, 4.69) is 154 Å². The highest BCUT2D eigenvalue weighted by molar-refractivity contribution is 8.00. The number of hydrogen-bond acceptors (Lipinski definition) is 8. The summed E-state index contributed by atoms with van der Waals surface area (Å²) in [6, 6.07) is 24.2. The molecule has 4 aromatic rings. The number of hydrogen-bond donors (Lipinski definition) is 3. The van der Waals surface area contributed by atoms with E-state index in [1.54, 1.807) is 0 Å². The van der Waals surface area contributed by atoms with Gasteiger partial charge in [0.05, 0.1) is 22.7 Å². The summed E-state index contributed by atoms with van der Waals surface area (Å²) < 4.78 is 0. The van der Waals surface area contributed by atoms with Crippen LogP contribution in [-0.4, -0.2) is 48.8 Å². The van der Waals surface area contributed by atoms with Crippen molar-refractivity contribution in [2.45, 2.75) is 39.9 Å². The average molecular weight is 599 g/mol. The summed E-state index contributed by atoms with van der Waals surface area (Å²) in [6.45, 7) is 5.35. The quantitative estimate of drug-likeness (QED) is 0.175. The van der Waals surface area contributed by atoms with E-state index in [1.807, 2.05) is 23.5 Å². The fourth-order valence-electron chi connectivity index (χ4n) is 4.92. The predicted molar refractivity (Wildman–Crippen MR) is 187 cm³/mol. The van der Waals surface area contributed by atoms with Crippen LogP contribution in [0.4, 0.5) is 45.5 Å². The average Bonchev–Trinajstić information content (AvgIpc) is 2.97. The highest BCUT2D eigenvalue weighted by Gasteiger charge is 2.19. The number of anilines is 8. The Balaban J connectivity index is 0.000000168. The van der Waals surface area contributed by atoms with Crippen LogP contribution in [0.25, 0.3) is 0 Å². The van der Waals surface area contributed by atoms with Crippen molar-refractivity contribution in [3.8, 4) is 0 Å². The highest BCUT2D eigenvalue weighted by atomic mass is 32.2. The zero-order valence-corrected chi connectivity index (χ0v) is 27.6. The van der Waals surface area contributed by atoms with Crippen molar-refractivity contribution in [3.05, 3.63) is 72.3 Å². The fraction of sp³-hybridized carbons (Fsp3) is 0.294. The van der Waals surface area contributed by atoms with E-state index in [-0.39, 0.29) is 0 Å². The molecule has 220 valence electrons. The summed E-state index contributed by atoms with van der Waals surface area (Å²) in [5, 5.41) is 10.6. The number of benzene rings is 4. The Morgan fingerprint density at radius 2 is 1.10 bits per heavy atom. The van der Waals surface area contributed by atoms with Crippen LogP contribution in [0.1, 0.15) is 18.9 Å². The number of nitrogens with zero attached hydrogens (tertiary/aromatic N) is 3. The first kappa shape index (κ1) is 29.9. The first-order chi connectivity index (χ1) is 20.1. The zero-order chi connectivity index (χ0) is 30.0. The van der Waals surface area contributed by atoms with E-state index in [1.165, 1.54) is 70.6 Å². The molecule has 0 radical (unpaired) electrons. The molecule has 2 aliphatic heterocycles. The van der Waals surface area contributed by atoms with Gasteiger partial charge in [-0.1, -0.05) is 30.4 Å².